The summed E-state index contributed by atoms with van der Waals surface area (Å²) in [4.78, 5) is 22.7. The number of aliphatic carboxylic acids is 1. The molecule has 0 radical (unpaired) electrons. The molecule has 4 nitrogen and oxygen atoms in total. The van der Waals surface area contributed by atoms with Crippen LogP contribution in [0.3, 0.4) is 0 Å². The van der Waals surface area contributed by atoms with Gasteiger partial charge in [-0.3, -0.25) is 4.79 Å². The van der Waals surface area contributed by atoms with E-state index in [1.165, 1.54) is 0 Å². The number of thioether (sulfide) groups is 1. The molecule has 0 saturated heterocycles. The third kappa shape index (κ3) is 14.0. The Morgan fingerprint density at radius 3 is 2.43 bits per heavy atom. The first-order valence-electron chi connectivity index (χ1n) is 6.81. The molecule has 0 fully saturated rings. The van der Waals surface area contributed by atoms with E-state index in [1.54, 1.807) is 11.8 Å². The molecule has 0 aromatic carbocycles. The van der Waals surface area contributed by atoms with Crippen LogP contribution in [0, 0.1) is 0 Å². The van der Waals surface area contributed by atoms with E-state index in [0.717, 1.165) is 37.2 Å². The van der Waals surface area contributed by atoms with Crippen LogP contribution in [0.4, 0.5) is 0 Å². The van der Waals surface area contributed by atoms with Crippen LogP contribution in [-0.4, -0.2) is 46.0 Å². The molecule has 0 saturated carbocycles. The van der Waals surface area contributed by atoms with Crippen LogP contribution >= 0.6 is 37.0 Å². The number of rotatable bonds is 12. The fraction of sp³-hybridized carbons (Fsp3) is 0.846. The molecule has 0 aliphatic heterocycles. The number of carboxylic acid groups (broad SMARTS) is 1. The Labute approximate surface area is 155 Å². The van der Waals surface area contributed by atoms with E-state index in [-0.39, 0.29) is 25.4 Å². The SMILES string of the molecule is CSCC[C@H](NC(=O)CCCCC(S)CCS)C(=O)O.[Zn]. The van der Waals surface area contributed by atoms with Crippen molar-refractivity contribution in [3.63, 3.8) is 0 Å². The summed E-state index contributed by atoms with van der Waals surface area (Å²) in [6, 6.07) is -0.767. The fourth-order valence-electron chi connectivity index (χ4n) is 1.72. The number of hydrogen-bond donors (Lipinski definition) is 4. The average Bonchev–Trinajstić information content (AvgIpc) is 2.39. The molecule has 120 valence electrons. The summed E-state index contributed by atoms with van der Waals surface area (Å²) in [6.07, 6.45) is 6.38. The Morgan fingerprint density at radius 2 is 1.90 bits per heavy atom. The standard InChI is InChI=1S/C13H25NO3S3.Zn/c1-20-9-7-11(13(16)17)14-12(15)5-3-2-4-10(19)6-8-18;/h10-11,18-19H,2-9H2,1H3,(H,14,15)(H,16,17);/t10?,11-;/m0./s1. The van der Waals surface area contributed by atoms with Crippen molar-refractivity contribution in [1.82, 2.24) is 5.32 Å². The number of carbonyl (C=O) groups excluding carboxylic acids is 1. The maximum atomic E-state index is 11.7. The van der Waals surface area contributed by atoms with Crippen LogP contribution in [0.1, 0.15) is 38.5 Å². The number of nitrogens with one attached hydrogen (secondary N) is 1. The first-order valence-corrected chi connectivity index (χ1v) is 9.35. The van der Waals surface area contributed by atoms with Gasteiger partial charge in [-0.15, -0.1) is 0 Å². The first kappa shape index (κ1) is 23.9. The van der Waals surface area contributed by atoms with Crippen LogP contribution in [0.5, 0.6) is 0 Å². The summed E-state index contributed by atoms with van der Waals surface area (Å²) >= 11 is 10.2. The van der Waals surface area contributed by atoms with E-state index in [9.17, 15) is 9.59 Å². The van der Waals surface area contributed by atoms with Crippen molar-refractivity contribution in [2.24, 2.45) is 0 Å². The van der Waals surface area contributed by atoms with Crippen LogP contribution < -0.4 is 5.32 Å². The molecule has 0 aromatic heterocycles. The minimum Gasteiger partial charge on any atom is -0.480 e. The van der Waals surface area contributed by atoms with Crippen molar-refractivity contribution in [3.05, 3.63) is 0 Å². The number of unbranched alkanes of at least 4 members (excludes halogenated alkanes) is 1. The molecule has 0 heterocycles. The van der Waals surface area contributed by atoms with Crippen molar-refractivity contribution in [1.29, 1.82) is 0 Å². The summed E-state index contributed by atoms with van der Waals surface area (Å²) in [6.45, 7) is 0. The summed E-state index contributed by atoms with van der Waals surface area (Å²) in [5.74, 6) is 0.409. The normalized spacial score (nSPS) is 13.1. The van der Waals surface area contributed by atoms with Gasteiger partial charge in [0, 0.05) is 31.1 Å². The minimum absolute atomic E-state index is 0. The molecule has 0 aliphatic carbocycles. The molecule has 21 heavy (non-hydrogen) atoms. The molecule has 2 N–H and O–H groups in total. The smallest absolute Gasteiger partial charge is 0.326 e. The van der Waals surface area contributed by atoms with Crippen LogP contribution in [-0.2, 0) is 29.1 Å². The predicted molar refractivity (Wildman–Crippen MR) is 92.3 cm³/mol. The van der Waals surface area contributed by atoms with Gasteiger partial charge in [0.2, 0.25) is 5.91 Å². The molecule has 1 unspecified atom stereocenters. The zero-order valence-electron chi connectivity index (χ0n) is 12.6. The molecule has 1 amide bonds. The van der Waals surface area contributed by atoms with E-state index in [0.29, 0.717) is 18.1 Å². The molecule has 0 rings (SSSR count). The second-order valence-electron chi connectivity index (χ2n) is 4.65. The molecular weight excluding hydrogens is 380 g/mol. The second kappa shape index (κ2) is 15.5. The van der Waals surface area contributed by atoms with E-state index in [1.807, 2.05) is 6.26 Å². The number of thiol groups is 2. The van der Waals surface area contributed by atoms with Gasteiger partial charge < -0.3 is 10.4 Å². The minimum atomic E-state index is -0.961. The van der Waals surface area contributed by atoms with Gasteiger partial charge in [-0.05, 0) is 43.4 Å². The van der Waals surface area contributed by atoms with Gasteiger partial charge in [-0.1, -0.05) is 6.42 Å². The van der Waals surface area contributed by atoms with Crippen LogP contribution in [0.15, 0.2) is 0 Å². The van der Waals surface area contributed by atoms with E-state index >= 15 is 0 Å². The Morgan fingerprint density at radius 1 is 1.24 bits per heavy atom. The van der Waals surface area contributed by atoms with E-state index < -0.39 is 12.0 Å². The Hall–Kier alpha value is 0.613. The number of carbonyl (C=O) groups is 2. The number of carboxylic acids is 1. The quantitative estimate of drug-likeness (QED) is 0.229. The van der Waals surface area contributed by atoms with Crippen molar-refractivity contribution in [3.8, 4) is 0 Å². The van der Waals surface area contributed by atoms with Gasteiger partial charge in [0.25, 0.3) is 0 Å². The topological polar surface area (TPSA) is 66.4 Å². The van der Waals surface area contributed by atoms with Crippen molar-refractivity contribution in [2.45, 2.75) is 49.8 Å². The van der Waals surface area contributed by atoms with Crippen LogP contribution in [0.25, 0.3) is 0 Å². The predicted octanol–water partition coefficient (Wildman–Crippen LogP) is 2.49. The van der Waals surface area contributed by atoms with E-state index in [4.69, 9.17) is 5.11 Å². The van der Waals surface area contributed by atoms with Gasteiger partial charge in [0.05, 0.1) is 0 Å². The molecule has 0 spiro atoms. The maximum Gasteiger partial charge on any atom is 0.326 e. The summed E-state index contributed by atoms with van der Waals surface area (Å²) in [7, 11) is 0. The molecule has 0 bridgehead atoms. The molecular formula is C13H25NO3S3Zn. The Bertz CT molecular complexity index is 296. The van der Waals surface area contributed by atoms with Gasteiger partial charge >= 0.3 is 5.97 Å². The molecule has 0 aromatic rings. The molecule has 8 heteroatoms. The zero-order chi connectivity index (χ0) is 15.4. The summed E-state index contributed by atoms with van der Waals surface area (Å²) in [5.41, 5.74) is 0. The van der Waals surface area contributed by atoms with Crippen molar-refractivity contribution < 1.29 is 34.2 Å². The average molecular weight is 405 g/mol. The first-order chi connectivity index (χ1) is 9.51. The summed E-state index contributed by atoms with van der Waals surface area (Å²) < 4.78 is 0. The fourth-order valence-corrected chi connectivity index (χ4v) is 3.02. The monoisotopic (exact) mass is 403 g/mol. The van der Waals surface area contributed by atoms with E-state index in [2.05, 4.69) is 30.6 Å². The maximum absolute atomic E-state index is 11.7. The van der Waals surface area contributed by atoms with Gasteiger partial charge in [0.1, 0.15) is 6.04 Å². The summed E-state index contributed by atoms with van der Waals surface area (Å²) in [5, 5.41) is 11.9. The number of hydrogen-bond acceptors (Lipinski definition) is 5. The van der Waals surface area contributed by atoms with Crippen molar-refractivity contribution in [2.75, 3.05) is 17.8 Å². The van der Waals surface area contributed by atoms with Crippen LogP contribution in [0.2, 0.25) is 0 Å². The third-order valence-electron chi connectivity index (χ3n) is 2.90. The second-order valence-corrected chi connectivity index (χ2v) is 6.81. The Kier molecular flexibility index (Phi) is 17.6. The van der Waals surface area contributed by atoms with Gasteiger partial charge in [-0.2, -0.15) is 37.0 Å². The van der Waals surface area contributed by atoms with Crippen molar-refractivity contribution >= 4 is 48.9 Å². The zero-order valence-corrected chi connectivity index (χ0v) is 18.2. The number of amides is 1. The van der Waals surface area contributed by atoms with Gasteiger partial charge in [0.15, 0.2) is 0 Å². The Balaban J connectivity index is 0. The molecule has 0 aliphatic rings. The molecule has 2 atom stereocenters. The largest absolute Gasteiger partial charge is 0.480 e. The third-order valence-corrected chi connectivity index (χ3v) is 4.32. The van der Waals surface area contributed by atoms with Gasteiger partial charge in [-0.25, -0.2) is 4.79 Å².